The van der Waals surface area contributed by atoms with Gasteiger partial charge in [0.25, 0.3) is 0 Å². The number of hydrogen-bond donors (Lipinski definition) is 0. The molecule has 0 amide bonds. The van der Waals surface area contributed by atoms with E-state index >= 15 is 0 Å². The number of thiophene rings is 1. The molecule has 1 heterocycles. The van der Waals surface area contributed by atoms with Crippen LogP contribution in [0.15, 0.2) is 15.9 Å². The molecule has 0 saturated carbocycles. The van der Waals surface area contributed by atoms with Crippen LogP contribution in [0.5, 0.6) is 0 Å². The molecule has 1 aromatic rings. The van der Waals surface area contributed by atoms with Crippen LogP contribution in [0.4, 0.5) is 0 Å². The summed E-state index contributed by atoms with van der Waals surface area (Å²) < 4.78 is 0.590. The summed E-state index contributed by atoms with van der Waals surface area (Å²) in [6.07, 6.45) is 0. The summed E-state index contributed by atoms with van der Waals surface area (Å²) in [7, 11) is 0. The van der Waals surface area contributed by atoms with Gasteiger partial charge in [-0.05, 0) is 27.4 Å². The van der Waals surface area contributed by atoms with Crippen molar-refractivity contribution < 1.29 is 9.90 Å². The van der Waals surface area contributed by atoms with Crippen molar-refractivity contribution in [2.24, 2.45) is 0 Å². The van der Waals surface area contributed by atoms with Crippen LogP contribution in [0.25, 0.3) is 0 Å². The molecule has 0 aliphatic heterocycles. The first-order chi connectivity index (χ1) is 4.22. The molecular weight excluding hydrogens is 204 g/mol. The van der Waals surface area contributed by atoms with Gasteiger partial charge >= 0.3 is 0 Å². The maximum absolute atomic E-state index is 10.2. The van der Waals surface area contributed by atoms with Crippen molar-refractivity contribution in [2.75, 3.05) is 0 Å². The highest BCUT2D eigenvalue weighted by Crippen LogP contribution is 2.21. The topological polar surface area (TPSA) is 40.1 Å². The quantitative estimate of drug-likeness (QED) is 0.684. The normalized spacial score (nSPS) is 9.44. The number of carbonyl (C=O) groups excluding carboxylic acids is 1. The molecule has 9 heavy (non-hydrogen) atoms. The van der Waals surface area contributed by atoms with Crippen LogP contribution in [0.1, 0.15) is 9.67 Å². The minimum atomic E-state index is -1.13. The molecular formula is C5H2BrO2S-. The Balaban J connectivity index is 3.08. The lowest BCUT2D eigenvalue weighted by atomic mass is 10.5. The van der Waals surface area contributed by atoms with Gasteiger partial charge in [0.2, 0.25) is 0 Å². The van der Waals surface area contributed by atoms with Gasteiger partial charge in [-0.25, -0.2) is 0 Å². The van der Waals surface area contributed by atoms with Gasteiger partial charge in [0, 0.05) is 4.47 Å². The second-order valence-corrected chi connectivity index (χ2v) is 3.16. The number of halogens is 1. The molecule has 0 radical (unpaired) electrons. The molecule has 1 aromatic heterocycles. The predicted octanol–water partition coefficient (Wildman–Crippen LogP) is 0.874. The standard InChI is InChI=1S/C5H3BrO2S/c6-3-1-2-9-4(3)5(7)8/h1-2H,(H,7,8)/p-1. The zero-order valence-electron chi connectivity index (χ0n) is 4.26. The molecule has 0 aromatic carbocycles. The SMILES string of the molecule is O=C([O-])c1sccc1Br. The first-order valence-electron chi connectivity index (χ1n) is 2.16. The smallest absolute Gasteiger partial charge is 0.0826 e. The maximum Gasteiger partial charge on any atom is 0.0826 e. The summed E-state index contributed by atoms with van der Waals surface area (Å²) >= 11 is 4.21. The molecule has 2 nitrogen and oxygen atoms in total. The molecule has 0 aliphatic rings. The van der Waals surface area contributed by atoms with Crippen LogP contribution in [-0.2, 0) is 0 Å². The highest BCUT2D eigenvalue weighted by atomic mass is 79.9. The molecule has 0 unspecified atom stereocenters. The van der Waals surface area contributed by atoms with E-state index in [1.807, 2.05) is 0 Å². The fraction of sp³-hybridized carbons (Fsp3) is 0. The summed E-state index contributed by atoms with van der Waals surface area (Å²) in [6.45, 7) is 0. The zero-order chi connectivity index (χ0) is 6.85. The fourth-order valence-electron chi connectivity index (χ4n) is 0.439. The average Bonchev–Trinajstić information content (AvgIpc) is 2.13. The van der Waals surface area contributed by atoms with Crippen molar-refractivity contribution >= 4 is 33.2 Å². The van der Waals surface area contributed by atoms with E-state index in [0.717, 1.165) is 11.3 Å². The molecule has 1 rings (SSSR count). The summed E-state index contributed by atoms with van der Waals surface area (Å²) in [5, 5.41) is 11.8. The van der Waals surface area contributed by atoms with E-state index in [4.69, 9.17) is 0 Å². The number of carbonyl (C=O) groups is 1. The minimum absolute atomic E-state index is 0.245. The second kappa shape index (κ2) is 2.49. The number of rotatable bonds is 1. The molecule has 0 fully saturated rings. The van der Waals surface area contributed by atoms with Gasteiger partial charge in [-0.15, -0.1) is 11.3 Å². The van der Waals surface area contributed by atoms with E-state index in [0.29, 0.717) is 4.47 Å². The number of aromatic carboxylic acids is 1. The van der Waals surface area contributed by atoms with Crippen LogP contribution in [0, 0.1) is 0 Å². The Bertz CT molecular complexity index is 231. The van der Waals surface area contributed by atoms with Gasteiger partial charge in [0.1, 0.15) is 0 Å². The Labute approximate surface area is 64.3 Å². The lowest BCUT2D eigenvalue weighted by Crippen LogP contribution is -2.21. The predicted molar refractivity (Wildman–Crippen MR) is 36.3 cm³/mol. The monoisotopic (exact) mass is 205 g/mol. The van der Waals surface area contributed by atoms with Crippen molar-refractivity contribution in [3.8, 4) is 0 Å². The van der Waals surface area contributed by atoms with E-state index < -0.39 is 5.97 Å². The summed E-state index contributed by atoms with van der Waals surface area (Å²) in [5.74, 6) is -1.13. The molecule has 0 atom stereocenters. The Morgan fingerprint density at radius 3 is 2.67 bits per heavy atom. The van der Waals surface area contributed by atoms with Gasteiger partial charge in [0.05, 0.1) is 10.8 Å². The third-order valence-corrected chi connectivity index (χ3v) is 2.62. The Morgan fingerprint density at radius 2 is 2.44 bits per heavy atom. The lowest BCUT2D eigenvalue weighted by molar-refractivity contribution is -0.254. The molecule has 0 spiro atoms. The second-order valence-electron chi connectivity index (χ2n) is 1.39. The van der Waals surface area contributed by atoms with Crippen molar-refractivity contribution in [3.63, 3.8) is 0 Å². The third kappa shape index (κ3) is 1.31. The first-order valence-corrected chi connectivity index (χ1v) is 3.83. The van der Waals surface area contributed by atoms with Crippen molar-refractivity contribution in [1.82, 2.24) is 0 Å². The number of carboxylic acids is 1. The molecule has 0 N–H and O–H groups in total. The lowest BCUT2D eigenvalue weighted by Gasteiger charge is -1.95. The molecule has 0 bridgehead atoms. The third-order valence-electron chi connectivity index (χ3n) is 0.803. The molecule has 0 aliphatic carbocycles. The van der Waals surface area contributed by atoms with Crippen LogP contribution >= 0.6 is 27.3 Å². The van der Waals surface area contributed by atoms with Crippen molar-refractivity contribution in [1.29, 1.82) is 0 Å². The molecule has 48 valence electrons. The van der Waals surface area contributed by atoms with Gasteiger partial charge in [-0.1, -0.05) is 0 Å². The average molecular weight is 206 g/mol. The van der Waals surface area contributed by atoms with Crippen LogP contribution in [0.3, 0.4) is 0 Å². The van der Waals surface area contributed by atoms with Gasteiger partial charge in [0.15, 0.2) is 0 Å². The highest BCUT2D eigenvalue weighted by Gasteiger charge is 1.99. The maximum atomic E-state index is 10.2. The Hall–Kier alpha value is -0.350. The first kappa shape index (κ1) is 6.77. The van der Waals surface area contributed by atoms with E-state index in [9.17, 15) is 9.90 Å². The van der Waals surface area contributed by atoms with E-state index in [2.05, 4.69) is 15.9 Å². The van der Waals surface area contributed by atoms with E-state index in [-0.39, 0.29) is 4.88 Å². The summed E-state index contributed by atoms with van der Waals surface area (Å²) in [6, 6.07) is 1.68. The van der Waals surface area contributed by atoms with E-state index in [1.165, 1.54) is 0 Å². The van der Waals surface area contributed by atoms with Gasteiger partial charge in [-0.3, -0.25) is 0 Å². The van der Waals surface area contributed by atoms with Crippen molar-refractivity contribution in [3.05, 3.63) is 20.8 Å². The minimum Gasteiger partial charge on any atom is -0.544 e. The summed E-state index contributed by atoms with van der Waals surface area (Å²) in [4.78, 5) is 10.4. The Kier molecular flexibility index (Phi) is 1.87. The van der Waals surface area contributed by atoms with Gasteiger partial charge < -0.3 is 9.90 Å². The summed E-state index contributed by atoms with van der Waals surface area (Å²) in [5.41, 5.74) is 0. The van der Waals surface area contributed by atoms with Crippen LogP contribution < -0.4 is 5.11 Å². The number of carboxylic acid groups (broad SMARTS) is 1. The molecule has 4 heteroatoms. The highest BCUT2D eigenvalue weighted by molar-refractivity contribution is 9.10. The zero-order valence-corrected chi connectivity index (χ0v) is 6.66. The van der Waals surface area contributed by atoms with E-state index in [1.54, 1.807) is 11.4 Å². The van der Waals surface area contributed by atoms with Gasteiger partial charge in [-0.2, -0.15) is 0 Å². The largest absolute Gasteiger partial charge is 0.544 e. The fourth-order valence-corrected chi connectivity index (χ4v) is 1.81. The Morgan fingerprint density at radius 1 is 1.78 bits per heavy atom. The number of hydrogen-bond acceptors (Lipinski definition) is 3. The molecule has 0 saturated heterocycles. The van der Waals surface area contributed by atoms with Crippen LogP contribution in [0.2, 0.25) is 0 Å². The van der Waals surface area contributed by atoms with Crippen molar-refractivity contribution in [2.45, 2.75) is 0 Å². The van der Waals surface area contributed by atoms with Crippen LogP contribution in [-0.4, -0.2) is 5.97 Å².